The van der Waals surface area contributed by atoms with E-state index < -0.39 is 5.66 Å². The molecule has 3 fully saturated rings. The van der Waals surface area contributed by atoms with Crippen molar-refractivity contribution in [2.24, 2.45) is 17.3 Å². The van der Waals surface area contributed by atoms with Crippen LogP contribution in [0.2, 0.25) is 0 Å². The molecule has 1 heterocycles. The molecular formula is C25H28FN3O2. The number of amides is 2. The molecule has 0 saturated heterocycles. The summed E-state index contributed by atoms with van der Waals surface area (Å²) in [5.74, 6) is -0.151. The number of fused-ring (bicyclic) bond motifs is 3. The van der Waals surface area contributed by atoms with Crippen molar-refractivity contribution in [2.75, 3.05) is 11.9 Å². The van der Waals surface area contributed by atoms with Gasteiger partial charge < -0.3 is 16.0 Å². The third-order valence-corrected chi connectivity index (χ3v) is 7.64. The Labute approximate surface area is 181 Å². The summed E-state index contributed by atoms with van der Waals surface area (Å²) in [6, 6.07) is 14.3. The molecule has 6 heteroatoms. The zero-order valence-corrected chi connectivity index (χ0v) is 17.7. The number of rotatable bonds is 4. The van der Waals surface area contributed by atoms with E-state index in [4.69, 9.17) is 0 Å². The van der Waals surface area contributed by atoms with Gasteiger partial charge in [-0.2, -0.15) is 0 Å². The molecule has 3 N–H and O–H groups in total. The second-order valence-electron chi connectivity index (χ2n) is 9.58. The fraction of sp³-hybridized carbons (Fsp3) is 0.440. The van der Waals surface area contributed by atoms with Gasteiger partial charge in [0.1, 0.15) is 11.5 Å². The lowest BCUT2D eigenvalue weighted by atomic mass is 9.51. The summed E-state index contributed by atoms with van der Waals surface area (Å²) < 4.78 is 13.8. The molecule has 2 aromatic carbocycles. The molecule has 3 saturated carbocycles. The Kier molecular flexibility index (Phi) is 4.76. The van der Waals surface area contributed by atoms with E-state index in [1.165, 1.54) is 6.07 Å². The van der Waals surface area contributed by atoms with E-state index in [1.807, 2.05) is 30.3 Å². The van der Waals surface area contributed by atoms with Crippen LogP contribution < -0.4 is 16.0 Å². The van der Waals surface area contributed by atoms with Gasteiger partial charge in [0.15, 0.2) is 0 Å². The number of para-hydroxylation sites is 1. The normalized spacial score (nSPS) is 31.0. The van der Waals surface area contributed by atoms with Crippen molar-refractivity contribution in [2.45, 2.75) is 44.7 Å². The predicted octanol–water partition coefficient (Wildman–Crippen LogP) is 3.86. The van der Waals surface area contributed by atoms with Crippen molar-refractivity contribution in [3.8, 4) is 0 Å². The van der Waals surface area contributed by atoms with E-state index in [2.05, 4.69) is 22.9 Å². The average molecular weight is 422 g/mol. The quantitative estimate of drug-likeness (QED) is 0.702. The van der Waals surface area contributed by atoms with Crippen LogP contribution in [0.1, 0.15) is 48.5 Å². The highest BCUT2D eigenvalue weighted by Crippen LogP contribution is 2.58. The summed E-state index contributed by atoms with van der Waals surface area (Å²) in [6.07, 6.45) is 3.87. The summed E-state index contributed by atoms with van der Waals surface area (Å²) in [7, 11) is 0. The van der Waals surface area contributed by atoms with E-state index in [0.29, 0.717) is 24.1 Å². The van der Waals surface area contributed by atoms with E-state index in [9.17, 15) is 14.0 Å². The van der Waals surface area contributed by atoms with Gasteiger partial charge in [-0.25, -0.2) is 4.39 Å². The second kappa shape index (κ2) is 7.36. The summed E-state index contributed by atoms with van der Waals surface area (Å²) in [5, 5.41) is 9.92. The van der Waals surface area contributed by atoms with Crippen molar-refractivity contribution in [3.05, 3.63) is 65.5 Å². The van der Waals surface area contributed by atoms with Gasteiger partial charge in [-0.05, 0) is 61.3 Å². The maximum Gasteiger partial charge on any atom is 0.255 e. The molecule has 2 aromatic rings. The molecule has 6 rings (SSSR count). The first-order valence-electron chi connectivity index (χ1n) is 11.1. The lowest BCUT2D eigenvalue weighted by Gasteiger charge is -2.60. The topological polar surface area (TPSA) is 70.2 Å². The molecule has 3 aliphatic carbocycles. The van der Waals surface area contributed by atoms with Gasteiger partial charge >= 0.3 is 0 Å². The number of hydrogen-bond donors (Lipinski definition) is 3. The van der Waals surface area contributed by atoms with Crippen molar-refractivity contribution in [1.29, 1.82) is 0 Å². The summed E-state index contributed by atoms with van der Waals surface area (Å²) >= 11 is 0. The molecule has 5 nitrogen and oxygen atoms in total. The number of anilines is 1. The molecule has 31 heavy (non-hydrogen) atoms. The van der Waals surface area contributed by atoms with Gasteiger partial charge in [0.05, 0.1) is 5.56 Å². The van der Waals surface area contributed by atoms with Gasteiger partial charge in [0.25, 0.3) is 5.91 Å². The number of carbonyl (C=O) groups excluding carboxylic acids is 2. The molecule has 0 unspecified atom stereocenters. The highest BCUT2D eigenvalue weighted by Gasteiger charge is 2.60. The maximum atomic E-state index is 13.8. The Morgan fingerprint density at radius 3 is 2.74 bits per heavy atom. The number of halogens is 1. The predicted molar refractivity (Wildman–Crippen MR) is 117 cm³/mol. The smallest absolute Gasteiger partial charge is 0.255 e. The Balaban J connectivity index is 1.29. The lowest BCUT2D eigenvalue weighted by molar-refractivity contribution is -0.139. The number of benzene rings is 2. The van der Waals surface area contributed by atoms with Crippen LogP contribution in [0.15, 0.2) is 48.5 Å². The first kappa shape index (κ1) is 20.0. The average Bonchev–Trinajstić information content (AvgIpc) is 2.74. The zero-order valence-electron chi connectivity index (χ0n) is 17.7. The molecule has 1 aliphatic heterocycles. The minimum absolute atomic E-state index is 0.0425. The SMILES string of the molecule is C[C@@]12CC[C@H](C[C@@H]1C(=O)NCCc1ccccc1F)[C@]1(C2)NC(=O)c2ccccc2N1. The Morgan fingerprint density at radius 1 is 1.16 bits per heavy atom. The minimum atomic E-state index is -0.498. The van der Waals surface area contributed by atoms with Crippen LogP contribution in [0.25, 0.3) is 0 Å². The van der Waals surface area contributed by atoms with Crippen molar-refractivity contribution < 1.29 is 14.0 Å². The standard InChI is InChI=1S/C25H28FN3O2/c1-24-12-10-17(25(15-24)28-21-9-5-3-7-18(21)22(30)29-25)14-19(24)23(31)27-13-11-16-6-2-4-8-20(16)26/h2-9,17,19,28H,10-15H2,1H3,(H,27,31)(H,29,30)/t17-,19-,24+,25+/m1/s1. The molecular weight excluding hydrogens is 393 g/mol. The molecule has 162 valence electrons. The van der Waals surface area contributed by atoms with Gasteiger partial charge in [-0.15, -0.1) is 0 Å². The molecule has 2 amide bonds. The highest BCUT2D eigenvalue weighted by atomic mass is 19.1. The summed E-state index contributed by atoms with van der Waals surface area (Å²) in [5.41, 5.74) is 1.45. The Bertz CT molecular complexity index is 1040. The maximum absolute atomic E-state index is 13.8. The van der Waals surface area contributed by atoms with E-state index >= 15 is 0 Å². The molecule has 2 bridgehead atoms. The van der Waals surface area contributed by atoms with Crippen LogP contribution in [0, 0.1) is 23.1 Å². The van der Waals surface area contributed by atoms with Crippen LogP contribution in [0.5, 0.6) is 0 Å². The minimum Gasteiger partial charge on any atom is -0.362 e. The van der Waals surface area contributed by atoms with E-state index in [-0.39, 0.29) is 34.9 Å². The lowest BCUT2D eigenvalue weighted by Crippen LogP contribution is -2.70. The van der Waals surface area contributed by atoms with E-state index in [1.54, 1.807) is 12.1 Å². The molecule has 4 aliphatic rings. The largest absolute Gasteiger partial charge is 0.362 e. The van der Waals surface area contributed by atoms with Crippen molar-refractivity contribution in [3.63, 3.8) is 0 Å². The summed E-state index contributed by atoms with van der Waals surface area (Å²) in [4.78, 5) is 25.9. The van der Waals surface area contributed by atoms with Gasteiger partial charge in [-0.1, -0.05) is 37.3 Å². The first-order chi connectivity index (χ1) is 14.9. The van der Waals surface area contributed by atoms with Crippen molar-refractivity contribution in [1.82, 2.24) is 10.6 Å². The Morgan fingerprint density at radius 2 is 1.94 bits per heavy atom. The van der Waals surface area contributed by atoms with Crippen LogP contribution in [0.3, 0.4) is 0 Å². The number of carbonyl (C=O) groups is 2. The third kappa shape index (κ3) is 3.38. The fourth-order valence-electron chi connectivity index (χ4n) is 6.00. The third-order valence-electron chi connectivity index (χ3n) is 7.64. The highest BCUT2D eigenvalue weighted by molar-refractivity contribution is 6.02. The Hall–Kier alpha value is -2.89. The van der Waals surface area contributed by atoms with Crippen LogP contribution in [-0.4, -0.2) is 24.0 Å². The molecule has 1 spiro atoms. The fourth-order valence-corrected chi connectivity index (χ4v) is 6.00. The second-order valence-corrected chi connectivity index (χ2v) is 9.58. The molecule has 0 radical (unpaired) electrons. The molecule has 4 atom stereocenters. The van der Waals surface area contributed by atoms with Crippen LogP contribution in [-0.2, 0) is 11.2 Å². The van der Waals surface area contributed by atoms with Gasteiger partial charge in [0.2, 0.25) is 5.91 Å². The van der Waals surface area contributed by atoms with E-state index in [0.717, 1.165) is 31.4 Å². The number of hydrogen-bond acceptors (Lipinski definition) is 3. The number of nitrogens with one attached hydrogen (secondary N) is 3. The van der Waals surface area contributed by atoms with Gasteiger partial charge in [-0.3, -0.25) is 9.59 Å². The van der Waals surface area contributed by atoms with Crippen molar-refractivity contribution >= 4 is 17.5 Å². The van der Waals surface area contributed by atoms with Crippen LogP contribution in [0.4, 0.5) is 10.1 Å². The monoisotopic (exact) mass is 421 g/mol. The van der Waals surface area contributed by atoms with Crippen LogP contribution >= 0.6 is 0 Å². The summed E-state index contributed by atoms with van der Waals surface area (Å²) in [6.45, 7) is 2.59. The molecule has 0 aromatic heterocycles. The zero-order chi connectivity index (χ0) is 21.6. The first-order valence-corrected chi connectivity index (χ1v) is 11.1. The van der Waals surface area contributed by atoms with Gasteiger partial charge in [0, 0.05) is 24.1 Å².